The van der Waals surface area contributed by atoms with Crippen molar-refractivity contribution in [3.63, 3.8) is 0 Å². The van der Waals surface area contributed by atoms with Gasteiger partial charge in [0.1, 0.15) is 5.76 Å². The van der Waals surface area contributed by atoms with E-state index in [1.165, 1.54) is 0 Å². The Hall–Kier alpha value is -0.770. The van der Waals surface area contributed by atoms with Crippen molar-refractivity contribution in [3.8, 4) is 0 Å². The van der Waals surface area contributed by atoms with Crippen LogP contribution in [-0.2, 0) is 6.42 Å². The van der Waals surface area contributed by atoms with Gasteiger partial charge in [-0.25, -0.2) is 0 Å². The molecule has 0 radical (unpaired) electrons. The standard InChI is InChI=1S/C10H14BrNO2/c1-3-8-4-5-9(14-8)10(13)12-7(2)6-11/h4-5,7H,3,6H2,1-2H3,(H,12,13). The van der Waals surface area contributed by atoms with Gasteiger partial charge in [0.2, 0.25) is 0 Å². The number of carbonyl (C=O) groups is 1. The average Bonchev–Trinajstić information content (AvgIpc) is 2.65. The van der Waals surface area contributed by atoms with Gasteiger partial charge in [0.05, 0.1) is 0 Å². The molecule has 1 heterocycles. The van der Waals surface area contributed by atoms with Gasteiger partial charge in [-0.3, -0.25) is 4.79 Å². The molecule has 1 N–H and O–H groups in total. The molecule has 0 saturated carbocycles. The lowest BCUT2D eigenvalue weighted by atomic mass is 10.3. The Kier molecular flexibility index (Phi) is 4.20. The quantitative estimate of drug-likeness (QED) is 0.844. The van der Waals surface area contributed by atoms with Crippen LogP contribution >= 0.6 is 15.9 Å². The normalized spacial score (nSPS) is 12.5. The highest BCUT2D eigenvalue weighted by molar-refractivity contribution is 9.09. The van der Waals surface area contributed by atoms with Gasteiger partial charge >= 0.3 is 0 Å². The lowest BCUT2D eigenvalue weighted by molar-refractivity contribution is 0.0914. The molecule has 1 aromatic heterocycles. The summed E-state index contributed by atoms with van der Waals surface area (Å²) < 4.78 is 5.31. The van der Waals surface area contributed by atoms with Gasteiger partial charge in [0, 0.05) is 17.8 Å². The summed E-state index contributed by atoms with van der Waals surface area (Å²) in [5, 5.41) is 3.54. The fraction of sp³-hybridized carbons (Fsp3) is 0.500. The van der Waals surface area contributed by atoms with Crippen LogP contribution in [0.15, 0.2) is 16.5 Å². The van der Waals surface area contributed by atoms with E-state index in [0.29, 0.717) is 5.76 Å². The Balaban J connectivity index is 2.60. The second-order valence-electron chi connectivity index (χ2n) is 3.15. The van der Waals surface area contributed by atoms with Crippen molar-refractivity contribution in [1.29, 1.82) is 0 Å². The number of halogens is 1. The molecular weight excluding hydrogens is 246 g/mol. The van der Waals surface area contributed by atoms with Crippen molar-refractivity contribution in [2.45, 2.75) is 26.3 Å². The van der Waals surface area contributed by atoms with Crippen LogP contribution in [0.5, 0.6) is 0 Å². The number of nitrogens with one attached hydrogen (secondary N) is 1. The Morgan fingerprint density at radius 2 is 2.36 bits per heavy atom. The van der Waals surface area contributed by atoms with Crippen molar-refractivity contribution in [3.05, 3.63) is 23.7 Å². The minimum Gasteiger partial charge on any atom is -0.456 e. The van der Waals surface area contributed by atoms with Crippen LogP contribution in [0.3, 0.4) is 0 Å². The van der Waals surface area contributed by atoms with Crippen LogP contribution in [-0.4, -0.2) is 17.3 Å². The molecule has 0 saturated heterocycles. The van der Waals surface area contributed by atoms with Gasteiger partial charge in [-0.15, -0.1) is 0 Å². The number of alkyl halides is 1. The second kappa shape index (κ2) is 5.20. The maximum absolute atomic E-state index is 11.5. The van der Waals surface area contributed by atoms with Gasteiger partial charge in [-0.2, -0.15) is 0 Å². The van der Waals surface area contributed by atoms with Gasteiger partial charge in [-0.1, -0.05) is 22.9 Å². The monoisotopic (exact) mass is 259 g/mol. The molecular formula is C10H14BrNO2. The molecule has 0 aliphatic carbocycles. The first-order chi connectivity index (χ1) is 6.67. The molecule has 0 aromatic carbocycles. The maximum Gasteiger partial charge on any atom is 0.287 e. The summed E-state index contributed by atoms with van der Waals surface area (Å²) in [6.07, 6.45) is 0.807. The summed E-state index contributed by atoms with van der Waals surface area (Å²) in [6.45, 7) is 3.91. The van der Waals surface area contributed by atoms with Crippen LogP contribution < -0.4 is 5.32 Å². The highest BCUT2D eigenvalue weighted by atomic mass is 79.9. The summed E-state index contributed by atoms with van der Waals surface area (Å²) in [7, 11) is 0. The number of aryl methyl sites for hydroxylation is 1. The molecule has 0 bridgehead atoms. The number of carbonyl (C=O) groups excluding carboxylic acids is 1. The molecule has 1 rings (SSSR count). The van der Waals surface area contributed by atoms with Crippen molar-refractivity contribution in [1.82, 2.24) is 5.32 Å². The van der Waals surface area contributed by atoms with E-state index in [1.807, 2.05) is 19.9 Å². The Bertz CT molecular complexity index is 309. The summed E-state index contributed by atoms with van der Waals surface area (Å²) in [5.74, 6) is 1.06. The molecule has 1 aromatic rings. The molecule has 4 heteroatoms. The van der Waals surface area contributed by atoms with E-state index in [9.17, 15) is 4.79 Å². The summed E-state index contributed by atoms with van der Waals surface area (Å²) in [4.78, 5) is 11.5. The molecule has 14 heavy (non-hydrogen) atoms. The maximum atomic E-state index is 11.5. The zero-order valence-electron chi connectivity index (χ0n) is 8.34. The van der Waals surface area contributed by atoms with Gasteiger partial charge in [-0.05, 0) is 19.1 Å². The van der Waals surface area contributed by atoms with Crippen molar-refractivity contribution in [2.75, 3.05) is 5.33 Å². The van der Waals surface area contributed by atoms with Gasteiger partial charge in [0.15, 0.2) is 5.76 Å². The summed E-state index contributed by atoms with van der Waals surface area (Å²) in [5.41, 5.74) is 0. The number of amides is 1. The van der Waals surface area contributed by atoms with Crippen molar-refractivity contribution >= 4 is 21.8 Å². The number of furan rings is 1. The summed E-state index contributed by atoms with van der Waals surface area (Å²) >= 11 is 3.29. The van der Waals surface area contributed by atoms with Gasteiger partial charge < -0.3 is 9.73 Å². The number of rotatable bonds is 4. The zero-order valence-corrected chi connectivity index (χ0v) is 9.93. The molecule has 0 aliphatic heterocycles. The minimum atomic E-state index is -0.156. The predicted octanol–water partition coefficient (Wildman–Crippen LogP) is 2.36. The number of hydrogen-bond acceptors (Lipinski definition) is 2. The van der Waals surface area contributed by atoms with Crippen LogP contribution in [0.4, 0.5) is 0 Å². The first kappa shape index (κ1) is 11.3. The van der Waals surface area contributed by atoms with Crippen LogP contribution in [0, 0.1) is 0 Å². The highest BCUT2D eigenvalue weighted by Gasteiger charge is 2.12. The fourth-order valence-electron chi connectivity index (χ4n) is 1.02. The lowest BCUT2D eigenvalue weighted by Gasteiger charge is -2.08. The third kappa shape index (κ3) is 2.87. The van der Waals surface area contributed by atoms with E-state index in [-0.39, 0.29) is 11.9 Å². The lowest BCUT2D eigenvalue weighted by Crippen LogP contribution is -2.33. The van der Waals surface area contributed by atoms with E-state index in [1.54, 1.807) is 6.07 Å². The topological polar surface area (TPSA) is 42.2 Å². The second-order valence-corrected chi connectivity index (χ2v) is 3.80. The smallest absolute Gasteiger partial charge is 0.287 e. The van der Waals surface area contributed by atoms with E-state index in [0.717, 1.165) is 17.5 Å². The fourth-order valence-corrected chi connectivity index (χ4v) is 1.19. The SMILES string of the molecule is CCc1ccc(C(=O)NC(C)CBr)o1. The Labute approximate surface area is 92.0 Å². The molecule has 0 fully saturated rings. The number of hydrogen-bond donors (Lipinski definition) is 1. The van der Waals surface area contributed by atoms with E-state index >= 15 is 0 Å². The third-order valence-corrected chi connectivity index (χ3v) is 2.81. The van der Waals surface area contributed by atoms with Crippen LogP contribution in [0.1, 0.15) is 30.2 Å². The molecule has 78 valence electrons. The van der Waals surface area contributed by atoms with Gasteiger partial charge in [0.25, 0.3) is 5.91 Å². The minimum absolute atomic E-state index is 0.109. The van der Waals surface area contributed by atoms with Crippen LogP contribution in [0.2, 0.25) is 0 Å². The molecule has 1 amide bonds. The van der Waals surface area contributed by atoms with E-state index < -0.39 is 0 Å². The first-order valence-corrected chi connectivity index (χ1v) is 5.75. The zero-order chi connectivity index (χ0) is 10.6. The largest absolute Gasteiger partial charge is 0.456 e. The molecule has 3 nitrogen and oxygen atoms in total. The molecule has 0 aliphatic rings. The Morgan fingerprint density at radius 3 is 2.86 bits per heavy atom. The van der Waals surface area contributed by atoms with E-state index in [4.69, 9.17) is 4.42 Å². The molecule has 1 atom stereocenters. The molecule has 0 spiro atoms. The molecule has 1 unspecified atom stereocenters. The highest BCUT2D eigenvalue weighted by Crippen LogP contribution is 2.08. The van der Waals surface area contributed by atoms with E-state index in [2.05, 4.69) is 21.2 Å². The van der Waals surface area contributed by atoms with Crippen molar-refractivity contribution < 1.29 is 9.21 Å². The van der Waals surface area contributed by atoms with Crippen LogP contribution in [0.25, 0.3) is 0 Å². The first-order valence-electron chi connectivity index (χ1n) is 4.63. The third-order valence-electron chi connectivity index (χ3n) is 1.84. The Morgan fingerprint density at radius 1 is 1.64 bits per heavy atom. The predicted molar refractivity (Wildman–Crippen MR) is 58.8 cm³/mol. The average molecular weight is 260 g/mol. The summed E-state index contributed by atoms with van der Waals surface area (Å²) in [6, 6.07) is 3.64. The van der Waals surface area contributed by atoms with Crippen molar-refractivity contribution in [2.24, 2.45) is 0 Å².